The highest BCUT2D eigenvalue weighted by Gasteiger charge is 2.14. The van der Waals surface area contributed by atoms with Crippen LogP contribution >= 0.6 is 0 Å². The summed E-state index contributed by atoms with van der Waals surface area (Å²) < 4.78 is 6.48. The molecule has 0 spiro atoms. The van der Waals surface area contributed by atoms with Crippen LogP contribution in [-0.2, 0) is 22.6 Å². The highest BCUT2D eigenvalue weighted by atomic mass is 16.5. The number of methoxy groups -OCH3 is 1. The minimum atomic E-state index is -0.178. The second-order valence-electron chi connectivity index (χ2n) is 4.96. The van der Waals surface area contributed by atoms with E-state index in [1.165, 1.54) is 10.6 Å². The molecule has 22 heavy (non-hydrogen) atoms. The molecule has 5 nitrogen and oxygen atoms in total. The van der Waals surface area contributed by atoms with Crippen LogP contribution in [0.25, 0.3) is 0 Å². The maximum Gasteiger partial charge on any atom is 0.250 e. The summed E-state index contributed by atoms with van der Waals surface area (Å²) in [6.45, 7) is 1.49. The lowest BCUT2D eigenvalue weighted by Crippen LogP contribution is -2.37. The van der Waals surface area contributed by atoms with E-state index in [9.17, 15) is 9.59 Å². The zero-order chi connectivity index (χ0) is 15.8. The van der Waals surface area contributed by atoms with Gasteiger partial charge in [0.2, 0.25) is 5.91 Å². The molecule has 0 unspecified atom stereocenters. The lowest BCUT2D eigenvalue weighted by molar-refractivity contribution is -0.133. The Morgan fingerprint density at radius 2 is 1.86 bits per heavy atom. The molecule has 116 valence electrons. The molecule has 0 bridgehead atoms. The molecule has 2 aromatic rings. The molecule has 0 fully saturated rings. The topological polar surface area (TPSA) is 51.5 Å². The number of aromatic nitrogens is 1. The summed E-state index contributed by atoms with van der Waals surface area (Å²) in [5, 5.41) is 0. The molecule has 0 radical (unpaired) electrons. The van der Waals surface area contributed by atoms with Gasteiger partial charge in [-0.05, 0) is 11.6 Å². The first-order valence-electron chi connectivity index (χ1n) is 7.17. The van der Waals surface area contributed by atoms with E-state index in [2.05, 4.69) is 0 Å². The maximum absolute atomic E-state index is 12.5. The first-order valence-corrected chi connectivity index (χ1v) is 7.17. The van der Waals surface area contributed by atoms with Gasteiger partial charge in [0, 0.05) is 32.5 Å². The number of ether oxygens (including phenoxy) is 1. The number of hydrogen-bond donors (Lipinski definition) is 0. The van der Waals surface area contributed by atoms with Crippen molar-refractivity contribution in [1.29, 1.82) is 0 Å². The summed E-state index contributed by atoms with van der Waals surface area (Å²) in [7, 11) is 1.60. The standard InChI is InChI=1S/C17H20N2O3/c1-22-12-11-19(13-15-7-3-2-4-8-15)17(21)14-18-10-6-5-9-16(18)20/h2-10H,11-14H2,1H3. The Bertz CT molecular complexity index is 652. The van der Waals surface area contributed by atoms with Crippen molar-refractivity contribution in [3.8, 4) is 0 Å². The van der Waals surface area contributed by atoms with E-state index in [1.54, 1.807) is 30.3 Å². The number of pyridine rings is 1. The molecule has 5 heteroatoms. The Balaban J connectivity index is 2.09. The Morgan fingerprint density at radius 3 is 2.55 bits per heavy atom. The highest BCUT2D eigenvalue weighted by Crippen LogP contribution is 2.05. The van der Waals surface area contributed by atoms with Crippen LogP contribution in [0, 0.1) is 0 Å². The summed E-state index contributed by atoms with van der Waals surface area (Å²) >= 11 is 0. The van der Waals surface area contributed by atoms with Crippen LogP contribution in [0.2, 0.25) is 0 Å². The Morgan fingerprint density at radius 1 is 1.14 bits per heavy atom. The number of nitrogens with zero attached hydrogens (tertiary/aromatic N) is 2. The molecule has 1 heterocycles. The molecular weight excluding hydrogens is 280 g/mol. The normalized spacial score (nSPS) is 10.4. The third kappa shape index (κ3) is 4.56. The van der Waals surface area contributed by atoms with E-state index in [4.69, 9.17) is 4.74 Å². The quantitative estimate of drug-likeness (QED) is 0.779. The molecule has 0 aliphatic rings. The van der Waals surface area contributed by atoms with Crippen molar-refractivity contribution >= 4 is 5.91 Å². The summed E-state index contributed by atoms with van der Waals surface area (Å²) in [4.78, 5) is 25.9. The fourth-order valence-electron chi connectivity index (χ4n) is 2.13. The van der Waals surface area contributed by atoms with Gasteiger partial charge in [0.1, 0.15) is 6.54 Å². The van der Waals surface area contributed by atoms with Gasteiger partial charge in [0.15, 0.2) is 0 Å². The van der Waals surface area contributed by atoms with Gasteiger partial charge in [0.25, 0.3) is 5.56 Å². The summed E-state index contributed by atoms with van der Waals surface area (Å²) in [6, 6.07) is 14.6. The first-order chi connectivity index (χ1) is 10.7. The minimum Gasteiger partial charge on any atom is -0.383 e. The van der Waals surface area contributed by atoms with Gasteiger partial charge >= 0.3 is 0 Å². The second-order valence-corrected chi connectivity index (χ2v) is 4.96. The van der Waals surface area contributed by atoms with Crippen LogP contribution in [0.4, 0.5) is 0 Å². The smallest absolute Gasteiger partial charge is 0.250 e. The third-order valence-electron chi connectivity index (χ3n) is 3.34. The fourth-order valence-corrected chi connectivity index (χ4v) is 2.13. The fraction of sp³-hybridized carbons (Fsp3) is 0.294. The average Bonchev–Trinajstić information content (AvgIpc) is 2.54. The van der Waals surface area contributed by atoms with Gasteiger partial charge in [-0.1, -0.05) is 36.4 Å². The average molecular weight is 300 g/mol. The Hall–Kier alpha value is -2.40. The molecule has 0 N–H and O–H groups in total. The van der Waals surface area contributed by atoms with Gasteiger partial charge < -0.3 is 14.2 Å². The molecule has 0 saturated heterocycles. The van der Waals surface area contributed by atoms with Gasteiger partial charge in [-0.15, -0.1) is 0 Å². The number of amides is 1. The van der Waals surface area contributed by atoms with Crippen LogP contribution in [0.15, 0.2) is 59.5 Å². The number of rotatable bonds is 7. The molecule has 1 amide bonds. The largest absolute Gasteiger partial charge is 0.383 e. The Kier molecular flexibility index (Phi) is 5.91. The lowest BCUT2D eigenvalue weighted by Gasteiger charge is -2.23. The van der Waals surface area contributed by atoms with E-state index in [1.807, 2.05) is 30.3 Å². The SMILES string of the molecule is COCCN(Cc1ccccc1)C(=O)Cn1ccccc1=O. The molecule has 0 aliphatic heterocycles. The van der Waals surface area contributed by atoms with E-state index in [-0.39, 0.29) is 18.0 Å². The zero-order valence-electron chi connectivity index (χ0n) is 12.6. The van der Waals surface area contributed by atoms with E-state index in [0.29, 0.717) is 19.7 Å². The number of carbonyl (C=O) groups is 1. The van der Waals surface area contributed by atoms with E-state index < -0.39 is 0 Å². The van der Waals surface area contributed by atoms with Gasteiger partial charge in [-0.2, -0.15) is 0 Å². The predicted octanol–water partition coefficient (Wildman–Crippen LogP) is 1.52. The molecule has 0 saturated carbocycles. The number of carbonyl (C=O) groups excluding carboxylic acids is 1. The van der Waals surface area contributed by atoms with Crippen molar-refractivity contribution in [2.45, 2.75) is 13.1 Å². The second kappa shape index (κ2) is 8.14. The van der Waals surface area contributed by atoms with E-state index >= 15 is 0 Å². The van der Waals surface area contributed by atoms with Crippen LogP contribution in [0.3, 0.4) is 0 Å². The highest BCUT2D eigenvalue weighted by molar-refractivity contribution is 5.76. The zero-order valence-corrected chi connectivity index (χ0v) is 12.6. The molecule has 2 rings (SSSR count). The van der Waals surface area contributed by atoms with Crippen LogP contribution in [-0.4, -0.2) is 35.6 Å². The van der Waals surface area contributed by atoms with Gasteiger partial charge in [-0.25, -0.2) is 0 Å². The number of benzene rings is 1. The van der Waals surface area contributed by atoms with Crippen molar-refractivity contribution in [1.82, 2.24) is 9.47 Å². The Labute approximate surface area is 129 Å². The van der Waals surface area contributed by atoms with Gasteiger partial charge in [0.05, 0.1) is 6.61 Å². The predicted molar refractivity (Wildman–Crippen MR) is 84.4 cm³/mol. The summed E-state index contributed by atoms with van der Waals surface area (Å²) in [5.41, 5.74) is 0.870. The molecular formula is C17H20N2O3. The first kappa shape index (κ1) is 16.0. The van der Waals surface area contributed by atoms with Crippen molar-refractivity contribution in [2.24, 2.45) is 0 Å². The lowest BCUT2D eigenvalue weighted by atomic mass is 10.2. The molecule has 1 aromatic heterocycles. The summed E-state index contributed by atoms with van der Waals surface area (Å²) in [6.07, 6.45) is 1.62. The van der Waals surface area contributed by atoms with Crippen molar-refractivity contribution in [3.63, 3.8) is 0 Å². The number of hydrogen-bond acceptors (Lipinski definition) is 3. The monoisotopic (exact) mass is 300 g/mol. The molecule has 1 aromatic carbocycles. The van der Waals surface area contributed by atoms with E-state index in [0.717, 1.165) is 5.56 Å². The maximum atomic E-state index is 12.5. The minimum absolute atomic E-state index is 0.0379. The van der Waals surface area contributed by atoms with Crippen molar-refractivity contribution in [3.05, 3.63) is 70.6 Å². The van der Waals surface area contributed by atoms with Crippen LogP contribution in [0.5, 0.6) is 0 Å². The van der Waals surface area contributed by atoms with Crippen LogP contribution < -0.4 is 5.56 Å². The summed E-state index contributed by atoms with van der Waals surface area (Å²) in [5.74, 6) is -0.103. The van der Waals surface area contributed by atoms with Gasteiger partial charge in [-0.3, -0.25) is 9.59 Å². The molecule has 0 atom stereocenters. The molecule has 0 aliphatic carbocycles. The van der Waals surface area contributed by atoms with Crippen molar-refractivity contribution in [2.75, 3.05) is 20.3 Å². The van der Waals surface area contributed by atoms with Crippen molar-refractivity contribution < 1.29 is 9.53 Å². The third-order valence-corrected chi connectivity index (χ3v) is 3.34. The van der Waals surface area contributed by atoms with Crippen LogP contribution in [0.1, 0.15) is 5.56 Å².